The topological polar surface area (TPSA) is 91.7 Å². The molecule has 0 radical (unpaired) electrons. The molecule has 8 nitrogen and oxygen atoms in total. The lowest BCUT2D eigenvalue weighted by atomic mass is 10.3. The highest BCUT2D eigenvalue weighted by Gasteiger charge is 2.25. The number of nitrogens with zero attached hydrogens (tertiary/aromatic N) is 2. The van der Waals surface area contributed by atoms with Crippen LogP contribution in [0, 0.1) is 0 Å². The van der Waals surface area contributed by atoms with Gasteiger partial charge in [0, 0.05) is 7.05 Å². The normalized spacial score (nSPS) is 11.4. The summed E-state index contributed by atoms with van der Waals surface area (Å²) < 4.78 is 45.9. The molecule has 0 fully saturated rings. The Morgan fingerprint density at radius 1 is 1.00 bits per heavy atom. The lowest BCUT2D eigenvalue weighted by molar-refractivity contribution is 0.319. The first-order chi connectivity index (χ1) is 12.4. The molecule has 0 aliphatic heterocycles. The van der Waals surface area contributed by atoms with Crippen LogP contribution in [0.3, 0.4) is 0 Å². The molecule has 1 N–H and O–H groups in total. The number of hydrogen-bond donors (Lipinski definition) is 1. The van der Waals surface area contributed by atoms with E-state index in [1.807, 2.05) is 11.6 Å². The Bertz CT molecular complexity index is 1060. The molecular weight excluding hydrogens is 358 g/mol. The molecule has 0 aliphatic rings. The van der Waals surface area contributed by atoms with Crippen LogP contribution in [0.4, 0.5) is 5.69 Å². The van der Waals surface area contributed by atoms with E-state index < -0.39 is 10.0 Å². The van der Waals surface area contributed by atoms with E-state index >= 15 is 0 Å². The van der Waals surface area contributed by atoms with E-state index in [0.29, 0.717) is 17.0 Å². The number of rotatable bonds is 6. The minimum atomic E-state index is -3.92. The van der Waals surface area contributed by atoms with Gasteiger partial charge in [-0.3, -0.25) is 4.72 Å². The van der Waals surface area contributed by atoms with Gasteiger partial charge in [-0.2, -0.15) is 0 Å². The van der Waals surface area contributed by atoms with Crippen molar-refractivity contribution in [3.8, 4) is 17.2 Å². The molecule has 0 unspecified atom stereocenters. The van der Waals surface area contributed by atoms with Gasteiger partial charge in [-0.05, 0) is 30.3 Å². The molecule has 3 aromatic rings. The Kier molecular flexibility index (Phi) is 4.64. The Morgan fingerprint density at radius 2 is 1.73 bits per heavy atom. The average Bonchev–Trinajstić information content (AvgIpc) is 3.00. The zero-order valence-electron chi connectivity index (χ0n) is 14.8. The Labute approximate surface area is 151 Å². The monoisotopic (exact) mass is 377 g/mol. The highest BCUT2D eigenvalue weighted by Crippen LogP contribution is 2.42. The number of hydrogen-bond acceptors (Lipinski definition) is 6. The van der Waals surface area contributed by atoms with Crippen LogP contribution in [0.15, 0.2) is 41.6 Å². The molecule has 1 heterocycles. The van der Waals surface area contributed by atoms with E-state index in [1.165, 1.54) is 33.5 Å². The van der Waals surface area contributed by atoms with Crippen molar-refractivity contribution in [1.29, 1.82) is 0 Å². The third-order valence-electron chi connectivity index (χ3n) is 3.94. The number of fused-ring (bicyclic) bond motifs is 1. The fourth-order valence-electron chi connectivity index (χ4n) is 2.70. The maximum absolute atomic E-state index is 12.9. The van der Waals surface area contributed by atoms with Gasteiger partial charge in [0.05, 0.1) is 44.4 Å². The summed E-state index contributed by atoms with van der Waals surface area (Å²) in [5, 5.41) is 0. The molecule has 0 spiro atoms. The third-order valence-corrected chi connectivity index (χ3v) is 5.34. The molecule has 0 saturated carbocycles. The summed E-state index contributed by atoms with van der Waals surface area (Å²) in [5.74, 6) is 0.648. The summed E-state index contributed by atoms with van der Waals surface area (Å²) >= 11 is 0. The minimum Gasteiger partial charge on any atom is -0.493 e. The predicted molar refractivity (Wildman–Crippen MR) is 97.6 cm³/mol. The van der Waals surface area contributed by atoms with E-state index in [2.05, 4.69) is 9.71 Å². The van der Waals surface area contributed by atoms with Gasteiger partial charge in [-0.1, -0.05) is 0 Å². The van der Waals surface area contributed by atoms with Crippen LogP contribution >= 0.6 is 0 Å². The molecule has 0 aliphatic carbocycles. The lowest BCUT2D eigenvalue weighted by Crippen LogP contribution is -2.14. The number of anilines is 1. The van der Waals surface area contributed by atoms with E-state index in [9.17, 15) is 8.42 Å². The van der Waals surface area contributed by atoms with Gasteiger partial charge in [-0.15, -0.1) is 0 Å². The molecule has 9 heteroatoms. The van der Waals surface area contributed by atoms with E-state index in [0.717, 1.165) is 5.52 Å². The number of nitrogens with one attached hydrogen (secondary N) is 1. The summed E-state index contributed by atoms with van der Waals surface area (Å²) in [6.45, 7) is 0. The molecule has 0 saturated heterocycles. The van der Waals surface area contributed by atoms with Gasteiger partial charge in [0.15, 0.2) is 11.5 Å². The van der Waals surface area contributed by atoms with Crippen LogP contribution in [-0.4, -0.2) is 39.3 Å². The summed E-state index contributed by atoms with van der Waals surface area (Å²) in [6, 6.07) is 8.06. The van der Waals surface area contributed by atoms with Crippen molar-refractivity contribution in [2.45, 2.75) is 4.90 Å². The lowest BCUT2D eigenvalue weighted by Gasteiger charge is -2.16. The van der Waals surface area contributed by atoms with Gasteiger partial charge in [-0.25, -0.2) is 13.4 Å². The molecule has 26 heavy (non-hydrogen) atoms. The van der Waals surface area contributed by atoms with E-state index in [4.69, 9.17) is 14.2 Å². The smallest absolute Gasteiger partial charge is 0.265 e. The number of aryl methyl sites for hydroxylation is 1. The Balaban J connectivity index is 2.04. The van der Waals surface area contributed by atoms with Gasteiger partial charge in [0.1, 0.15) is 4.90 Å². The quantitative estimate of drug-likeness (QED) is 0.709. The summed E-state index contributed by atoms with van der Waals surface area (Å²) in [4.78, 5) is 4.18. The number of aromatic nitrogens is 2. The number of methoxy groups -OCH3 is 3. The molecular formula is C17H19N3O5S. The molecule has 0 bridgehead atoms. The van der Waals surface area contributed by atoms with Crippen LogP contribution in [0.5, 0.6) is 17.2 Å². The van der Waals surface area contributed by atoms with E-state index in [-0.39, 0.29) is 16.4 Å². The SMILES string of the molecule is COc1ccc(S(=O)(=O)Nc2ccc3c(c2)ncn3C)c(OC)c1OC. The van der Waals surface area contributed by atoms with Crippen molar-refractivity contribution in [2.24, 2.45) is 7.05 Å². The van der Waals surface area contributed by atoms with Crippen molar-refractivity contribution in [2.75, 3.05) is 26.1 Å². The van der Waals surface area contributed by atoms with Gasteiger partial charge in [0.2, 0.25) is 5.75 Å². The molecule has 2 aromatic carbocycles. The summed E-state index contributed by atoms with van der Waals surface area (Å²) in [7, 11) is 2.20. The first kappa shape index (κ1) is 17.9. The minimum absolute atomic E-state index is 0.0567. The van der Waals surface area contributed by atoms with Crippen LogP contribution in [-0.2, 0) is 17.1 Å². The van der Waals surface area contributed by atoms with Crippen LogP contribution in [0.25, 0.3) is 11.0 Å². The van der Waals surface area contributed by atoms with Crippen molar-refractivity contribution in [3.63, 3.8) is 0 Å². The van der Waals surface area contributed by atoms with Crippen molar-refractivity contribution in [3.05, 3.63) is 36.7 Å². The summed E-state index contributed by atoms with van der Waals surface area (Å²) in [6.07, 6.45) is 1.67. The van der Waals surface area contributed by atoms with Crippen LogP contribution < -0.4 is 18.9 Å². The zero-order chi connectivity index (χ0) is 18.9. The van der Waals surface area contributed by atoms with Crippen LogP contribution in [0.1, 0.15) is 0 Å². The first-order valence-electron chi connectivity index (χ1n) is 7.64. The highest BCUT2D eigenvalue weighted by molar-refractivity contribution is 7.92. The molecule has 0 amide bonds. The predicted octanol–water partition coefficient (Wildman–Crippen LogP) is 2.40. The second-order valence-electron chi connectivity index (χ2n) is 5.50. The largest absolute Gasteiger partial charge is 0.493 e. The van der Waals surface area contributed by atoms with Crippen molar-refractivity contribution >= 4 is 26.7 Å². The third kappa shape index (κ3) is 3.01. The van der Waals surface area contributed by atoms with Gasteiger partial charge < -0.3 is 18.8 Å². The maximum Gasteiger partial charge on any atom is 0.265 e. The van der Waals surface area contributed by atoms with Crippen molar-refractivity contribution < 1.29 is 22.6 Å². The fourth-order valence-corrected chi connectivity index (χ4v) is 3.91. The fraction of sp³-hybridized carbons (Fsp3) is 0.235. The molecule has 1 aromatic heterocycles. The second-order valence-corrected chi connectivity index (χ2v) is 7.15. The number of benzene rings is 2. The molecule has 0 atom stereocenters. The standard InChI is InChI=1S/C17H19N3O5S/c1-20-10-18-12-9-11(5-6-13(12)20)19-26(21,22)15-8-7-14(23-2)16(24-3)17(15)25-4/h5-10,19H,1-4H3. The van der Waals surface area contributed by atoms with E-state index in [1.54, 1.807) is 24.5 Å². The molecule has 3 rings (SSSR count). The second kappa shape index (κ2) is 6.75. The number of imidazole rings is 1. The number of sulfonamides is 1. The maximum atomic E-state index is 12.9. The summed E-state index contributed by atoms with van der Waals surface area (Å²) in [5.41, 5.74) is 1.98. The van der Waals surface area contributed by atoms with Crippen molar-refractivity contribution in [1.82, 2.24) is 9.55 Å². The number of ether oxygens (including phenoxy) is 3. The Hall–Kier alpha value is -2.94. The highest BCUT2D eigenvalue weighted by atomic mass is 32.2. The van der Waals surface area contributed by atoms with Gasteiger partial charge in [0.25, 0.3) is 10.0 Å². The zero-order valence-corrected chi connectivity index (χ0v) is 15.6. The first-order valence-corrected chi connectivity index (χ1v) is 9.12. The molecule has 138 valence electrons. The Morgan fingerprint density at radius 3 is 2.38 bits per heavy atom. The van der Waals surface area contributed by atoms with Crippen LogP contribution in [0.2, 0.25) is 0 Å². The van der Waals surface area contributed by atoms with Gasteiger partial charge >= 0.3 is 0 Å². The average molecular weight is 377 g/mol.